The van der Waals surface area contributed by atoms with Crippen LogP contribution in [0.15, 0.2) is 18.3 Å². The Morgan fingerprint density at radius 2 is 2.19 bits per heavy atom. The third kappa shape index (κ3) is 3.10. The molecule has 0 unspecified atom stereocenters. The second kappa shape index (κ2) is 5.16. The highest BCUT2D eigenvalue weighted by molar-refractivity contribution is 5.35. The molecule has 1 aromatic rings. The Bertz CT molecular complexity index is 318. The van der Waals surface area contributed by atoms with Crippen LogP contribution in [0.1, 0.15) is 12.8 Å². The molecule has 0 atom stereocenters. The molecule has 0 bridgehead atoms. The zero-order chi connectivity index (χ0) is 11.4. The Balaban J connectivity index is 1.77. The first-order chi connectivity index (χ1) is 7.74. The van der Waals surface area contributed by atoms with Crippen LogP contribution in [0.5, 0.6) is 5.88 Å². The molecule has 1 aliphatic heterocycles. The zero-order valence-electron chi connectivity index (χ0n) is 9.72. The smallest absolute Gasteiger partial charge is 0.213 e. The van der Waals surface area contributed by atoms with E-state index in [9.17, 15) is 0 Å². The van der Waals surface area contributed by atoms with Crippen LogP contribution in [0.4, 0.5) is 5.69 Å². The summed E-state index contributed by atoms with van der Waals surface area (Å²) in [6, 6.07) is 3.64. The quantitative estimate of drug-likeness (QED) is 0.838. The molecule has 0 aromatic carbocycles. The first-order valence-corrected chi connectivity index (χ1v) is 5.77. The number of nitrogen functional groups attached to an aromatic ring is 1. The van der Waals surface area contributed by atoms with Gasteiger partial charge in [0.2, 0.25) is 5.88 Å². The van der Waals surface area contributed by atoms with E-state index in [0.717, 1.165) is 6.61 Å². The predicted octanol–water partition coefficient (Wildman–Crippen LogP) is 1.38. The molecule has 2 heterocycles. The molecule has 0 radical (unpaired) electrons. The van der Waals surface area contributed by atoms with Gasteiger partial charge in [-0.3, -0.25) is 0 Å². The van der Waals surface area contributed by atoms with Crippen LogP contribution < -0.4 is 10.5 Å². The van der Waals surface area contributed by atoms with Crippen molar-refractivity contribution < 1.29 is 4.74 Å². The molecule has 4 heteroatoms. The molecule has 2 rings (SSSR count). The van der Waals surface area contributed by atoms with E-state index in [1.807, 2.05) is 12.1 Å². The molecule has 0 saturated carbocycles. The molecule has 2 N–H and O–H groups in total. The number of piperidine rings is 1. The third-order valence-electron chi connectivity index (χ3n) is 3.06. The fraction of sp³-hybridized carbons (Fsp3) is 0.583. The average Bonchev–Trinajstić information content (AvgIpc) is 2.30. The van der Waals surface area contributed by atoms with Crippen LogP contribution in [0.25, 0.3) is 0 Å². The summed E-state index contributed by atoms with van der Waals surface area (Å²) in [7, 11) is 2.17. The molecule has 88 valence electrons. The number of anilines is 1. The normalized spacial score (nSPS) is 18.6. The third-order valence-corrected chi connectivity index (χ3v) is 3.06. The van der Waals surface area contributed by atoms with E-state index in [1.165, 1.54) is 25.9 Å². The minimum Gasteiger partial charge on any atom is -0.477 e. The van der Waals surface area contributed by atoms with Gasteiger partial charge in [0.15, 0.2) is 0 Å². The van der Waals surface area contributed by atoms with Gasteiger partial charge in [-0.2, -0.15) is 0 Å². The maximum atomic E-state index is 5.65. The SMILES string of the molecule is CN1CCC(COc2ccc(N)cn2)CC1. The summed E-state index contributed by atoms with van der Waals surface area (Å²) in [6.07, 6.45) is 4.06. The van der Waals surface area contributed by atoms with Crippen LogP contribution in [-0.2, 0) is 0 Å². The summed E-state index contributed by atoms with van der Waals surface area (Å²) in [5.74, 6) is 1.34. The molecule has 1 aliphatic rings. The maximum Gasteiger partial charge on any atom is 0.213 e. The lowest BCUT2D eigenvalue weighted by Crippen LogP contribution is -2.32. The largest absolute Gasteiger partial charge is 0.477 e. The van der Waals surface area contributed by atoms with E-state index >= 15 is 0 Å². The molecule has 4 nitrogen and oxygen atoms in total. The summed E-state index contributed by atoms with van der Waals surface area (Å²) >= 11 is 0. The van der Waals surface area contributed by atoms with E-state index < -0.39 is 0 Å². The Morgan fingerprint density at radius 3 is 2.81 bits per heavy atom. The van der Waals surface area contributed by atoms with Crippen molar-refractivity contribution in [2.24, 2.45) is 5.92 Å². The van der Waals surface area contributed by atoms with Crippen molar-refractivity contribution in [3.8, 4) is 5.88 Å². The Kier molecular flexibility index (Phi) is 3.62. The van der Waals surface area contributed by atoms with E-state index in [2.05, 4.69) is 16.9 Å². The second-order valence-corrected chi connectivity index (χ2v) is 4.49. The Morgan fingerprint density at radius 1 is 1.44 bits per heavy atom. The molecular weight excluding hydrogens is 202 g/mol. The Labute approximate surface area is 96.4 Å². The number of rotatable bonds is 3. The number of pyridine rings is 1. The van der Waals surface area contributed by atoms with E-state index in [-0.39, 0.29) is 0 Å². The monoisotopic (exact) mass is 221 g/mol. The van der Waals surface area contributed by atoms with Crippen LogP contribution in [0, 0.1) is 5.92 Å². The van der Waals surface area contributed by atoms with Crippen LogP contribution >= 0.6 is 0 Å². The highest BCUT2D eigenvalue weighted by Crippen LogP contribution is 2.17. The van der Waals surface area contributed by atoms with Gasteiger partial charge in [0.25, 0.3) is 0 Å². The molecule has 0 spiro atoms. The number of nitrogens with two attached hydrogens (primary N) is 1. The van der Waals surface area contributed by atoms with Gasteiger partial charge in [-0.05, 0) is 45.0 Å². The van der Waals surface area contributed by atoms with E-state index in [1.54, 1.807) is 6.20 Å². The summed E-state index contributed by atoms with van der Waals surface area (Å²) in [5, 5.41) is 0. The summed E-state index contributed by atoms with van der Waals surface area (Å²) in [4.78, 5) is 6.48. The van der Waals surface area contributed by atoms with E-state index in [4.69, 9.17) is 10.5 Å². The van der Waals surface area contributed by atoms with Gasteiger partial charge in [0, 0.05) is 6.07 Å². The zero-order valence-corrected chi connectivity index (χ0v) is 9.72. The standard InChI is InChI=1S/C12H19N3O/c1-15-6-4-10(5-7-15)9-16-12-3-2-11(13)8-14-12/h2-3,8,10H,4-7,9,13H2,1H3. The van der Waals surface area contributed by atoms with Crippen LogP contribution in [-0.4, -0.2) is 36.6 Å². The lowest BCUT2D eigenvalue weighted by atomic mass is 9.98. The highest BCUT2D eigenvalue weighted by Gasteiger charge is 2.17. The number of hydrogen-bond acceptors (Lipinski definition) is 4. The van der Waals surface area contributed by atoms with Gasteiger partial charge < -0.3 is 15.4 Å². The second-order valence-electron chi connectivity index (χ2n) is 4.49. The van der Waals surface area contributed by atoms with Crippen molar-refractivity contribution in [3.63, 3.8) is 0 Å². The van der Waals surface area contributed by atoms with Gasteiger partial charge in [0.05, 0.1) is 18.5 Å². The molecule has 1 saturated heterocycles. The van der Waals surface area contributed by atoms with Crippen molar-refractivity contribution in [3.05, 3.63) is 18.3 Å². The van der Waals surface area contributed by atoms with Gasteiger partial charge in [0.1, 0.15) is 0 Å². The molecule has 0 amide bonds. The van der Waals surface area contributed by atoms with Crippen LogP contribution in [0.2, 0.25) is 0 Å². The lowest BCUT2D eigenvalue weighted by Gasteiger charge is -2.28. The number of hydrogen-bond donors (Lipinski definition) is 1. The first kappa shape index (κ1) is 11.2. The van der Waals surface area contributed by atoms with Crippen molar-refractivity contribution in [2.75, 3.05) is 32.5 Å². The molecule has 16 heavy (non-hydrogen) atoms. The lowest BCUT2D eigenvalue weighted by molar-refractivity contribution is 0.157. The van der Waals surface area contributed by atoms with Crippen molar-refractivity contribution in [2.45, 2.75) is 12.8 Å². The summed E-state index contributed by atoms with van der Waals surface area (Å²) in [5.41, 5.74) is 6.23. The topological polar surface area (TPSA) is 51.4 Å². The minimum absolute atomic E-state index is 0.663. The Hall–Kier alpha value is -1.29. The fourth-order valence-corrected chi connectivity index (χ4v) is 1.91. The number of ether oxygens (including phenoxy) is 1. The average molecular weight is 221 g/mol. The molecule has 1 aromatic heterocycles. The van der Waals surface area contributed by atoms with Gasteiger partial charge in [-0.1, -0.05) is 0 Å². The molecular formula is C12H19N3O. The number of nitrogens with zero attached hydrogens (tertiary/aromatic N) is 2. The number of likely N-dealkylation sites (tertiary alicyclic amines) is 1. The summed E-state index contributed by atoms with van der Waals surface area (Å²) in [6.45, 7) is 3.11. The van der Waals surface area contributed by atoms with Crippen LogP contribution in [0.3, 0.4) is 0 Å². The number of aromatic nitrogens is 1. The van der Waals surface area contributed by atoms with Crippen molar-refractivity contribution >= 4 is 5.69 Å². The van der Waals surface area contributed by atoms with Gasteiger partial charge in [-0.15, -0.1) is 0 Å². The fourth-order valence-electron chi connectivity index (χ4n) is 1.91. The molecule has 0 aliphatic carbocycles. The minimum atomic E-state index is 0.663. The van der Waals surface area contributed by atoms with Gasteiger partial charge >= 0.3 is 0 Å². The van der Waals surface area contributed by atoms with Gasteiger partial charge in [-0.25, -0.2) is 4.98 Å². The summed E-state index contributed by atoms with van der Waals surface area (Å²) < 4.78 is 5.65. The highest BCUT2D eigenvalue weighted by atomic mass is 16.5. The maximum absolute atomic E-state index is 5.65. The predicted molar refractivity (Wildman–Crippen MR) is 64.4 cm³/mol. The van der Waals surface area contributed by atoms with Crippen molar-refractivity contribution in [1.29, 1.82) is 0 Å². The first-order valence-electron chi connectivity index (χ1n) is 5.77. The molecule has 1 fully saturated rings. The van der Waals surface area contributed by atoms with Crippen molar-refractivity contribution in [1.82, 2.24) is 9.88 Å². The van der Waals surface area contributed by atoms with E-state index in [0.29, 0.717) is 17.5 Å².